The van der Waals surface area contributed by atoms with E-state index in [2.05, 4.69) is 29.0 Å². The first-order chi connectivity index (χ1) is 14.3. The van der Waals surface area contributed by atoms with Crippen LogP contribution in [0.15, 0.2) is 60.9 Å². The van der Waals surface area contributed by atoms with Crippen LogP contribution in [0.4, 0.5) is 0 Å². The second-order valence-corrected chi connectivity index (χ2v) is 7.17. The van der Waals surface area contributed by atoms with E-state index in [9.17, 15) is 0 Å². The van der Waals surface area contributed by atoms with Gasteiger partial charge in [-0.15, -0.1) is 0 Å². The Morgan fingerprint density at radius 2 is 1.45 bits per heavy atom. The third-order valence-corrected chi connectivity index (χ3v) is 4.93. The monoisotopic (exact) mass is 390 g/mol. The van der Waals surface area contributed by atoms with Crippen LogP contribution < -0.4 is 9.47 Å². The van der Waals surface area contributed by atoms with Crippen LogP contribution in [0.2, 0.25) is 0 Å². The molecule has 152 valence electrons. The van der Waals surface area contributed by atoms with Crippen LogP contribution in [-0.2, 0) is 0 Å². The van der Waals surface area contributed by atoms with Gasteiger partial charge in [-0.25, -0.2) is 9.97 Å². The SMILES string of the molecule is CCCCCCCCOc1ccc(-c2cnc(-c3cccc(OC)c3)nc2)cc1. The van der Waals surface area contributed by atoms with Crippen molar-refractivity contribution in [3.05, 3.63) is 60.9 Å². The number of ether oxygens (including phenoxy) is 2. The first-order valence-electron chi connectivity index (χ1n) is 10.5. The van der Waals surface area contributed by atoms with Crippen LogP contribution in [-0.4, -0.2) is 23.7 Å². The van der Waals surface area contributed by atoms with Crippen molar-refractivity contribution in [3.63, 3.8) is 0 Å². The molecule has 0 saturated carbocycles. The highest BCUT2D eigenvalue weighted by atomic mass is 16.5. The van der Waals surface area contributed by atoms with E-state index < -0.39 is 0 Å². The summed E-state index contributed by atoms with van der Waals surface area (Å²) in [5.74, 6) is 2.40. The molecule has 0 N–H and O–H groups in total. The standard InChI is InChI=1S/C25H30N2O2/c1-3-4-5-6-7-8-16-29-23-14-12-20(13-15-23)22-18-26-25(27-19-22)21-10-9-11-24(17-21)28-2/h9-15,17-19H,3-8,16H2,1-2H3. The molecule has 1 aromatic heterocycles. The van der Waals surface area contributed by atoms with Crippen molar-refractivity contribution in [3.8, 4) is 34.0 Å². The van der Waals surface area contributed by atoms with Gasteiger partial charge < -0.3 is 9.47 Å². The van der Waals surface area contributed by atoms with Gasteiger partial charge in [0.05, 0.1) is 13.7 Å². The van der Waals surface area contributed by atoms with E-state index in [1.54, 1.807) is 7.11 Å². The lowest BCUT2D eigenvalue weighted by Gasteiger charge is -2.08. The Bertz CT molecular complexity index is 861. The molecule has 4 nitrogen and oxygen atoms in total. The molecule has 1 heterocycles. The van der Waals surface area contributed by atoms with E-state index in [1.807, 2.05) is 48.8 Å². The molecule has 4 heteroatoms. The molecule has 0 saturated heterocycles. The lowest BCUT2D eigenvalue weighted by atomic mass is 10.1. The second kappa shape index (κ2) is 11.2. The maximum absolute atomic E-state index is 5.86. The fourth-order valence-electron chi connectivity index (χ4n) is 3.20. The molecule has 0 radical (unpaired) electrons. The molecule has 0 aliphatic rings. The average molecular weight is 391 g/mol. The summed E-state index contributed by atoms with van der Waals surface area (Å²) in [4.78, 5) is 9.03. The second-order valence-electron chi connectivity index (χ2n) is 7.17. The third kappa shape index (κ3) is 6.31. The van der Waals surface area contributed by atoms with Gasteiger partial charge in [0.25, 0.3) is 0 Å². The Morgan fingerprint density at radius 1 is 0.724 bits per heavy atom. The molecule has 0 spiro atoms. The molecule has 0 fully saturated rings. The number of hydrogen-bond acceptors (Lipinski definition) is 4. The van der Waals surface area contributed by atoms with Gasteiger partial charge in [-0.2, -0.15) is 0 Å². The molecule has 0 unspecified atom stereocenters. The van der Waals surface area contributed by atoms with Crippen molar-refractivity contribution in [2.75, 3.05) is 13.7 Å². The van der Waals surface area contributed by atoms with Crippen LogP contribution >= 0.6 is 0 Å². The molecule has 3 aromatic rings. The van der Waals surface area contributed by atoms with Crippen molar-refractivity contribution in [1.82, 2.24) is 9.97 Å². The molecule has 2 aromatic carbocycles. The van der Waals surface area contributed by atoms with E-state index in [4.69, 9.17) is 9.47 Å². The normalized spacial score (nSPS) is 10.7. The van der Waals surface area contributed by atoms with Gasteiger partial charge in [0.15, 0.2) is 5.82 Å². The first-order valence-corrected chi connectivity index (χ1v) is 10.5. The number of nitrogens with zero attached hydrogens (tertiary/aromatic N) is 2. The Hall–Kier alpha value is -2.88. The van der Waals surface area contributed by atoms with E-state index in [0.29, 0.717) is 5.82 Å². The summed E-state index contributed by atoms with van der Waals surface area (Å²) >= 11 is 0. The van der Waals surface area contributed by atoms with Crippen molar-refractivity contribution < 1.29 is 9.47 Å². The van der Waals surface area contributed by atoms with Crippen molar-refractivity contribution in [2.24, 2.45) is 0 Å². The summed E-state index contributed by atoms with van der Waals surface area (Å²) in [5, 5.41) is 0. The number of benzene rings is 2. The fraction of sp³-hybridized carbons (Fsp3) is 0.360. The molecular formula is C25H30N2O2. The number of unbranched alkanes of at least 4 members (excludes halogenated alkanes) is 5. The molecule has 0 bridgehead atoms. The zero-order chi connectivity index (χ0) is 20.3. The summed E-state index contributed by atoms with van der Waals surface area (Å²) in [6.45, 7) is 3.03. The summed E-state index contributed by atoms with van der Waals surface area (Å²) in [7, 11) is 1.66. The summed E-state index contributed by atoms with van der Waals surface area (Å²) in [6.07, 6.45) is 11.3. The van der Waals surface area contributed by atoms with Gasteiger partial charge in [0.1, 0.15) is 11.5 Å². The van der Waals surface area contributed by atoms with Crippen LogP contribution in [0.3, 0.4) is 0 Å². The largest absolute Gasteiger partial charge is 0.497 e. The van der Waals surface area contributed by atoms with Crippen LogP contribution in [0.5, 0.6) is 11.5 Å². The average Bonchev–Trinajstić information content (AvgIpc) is 2.79. The number of methoxy groups -OCH3 is 1. The highest BCUT2D eigenvalue weighted by molar-refractivity contribution is 5.64. The predicted octanol–water partition coefficient (Wildman–Crippen LogP) is 6.56. The number of aromatic nitrogens is 2. The summed E-state index contributed by atoms with van der Waals surface area (Å²) in [5.41, 5.74) is 3.00. The lowest BCUT2D eigenvalue weighted by Crippen LogP contribution is -1.97. The molecule has 0 amide bonds. The van der Waals surface area contributed by atoms with E-state index in [1.165, 1.54) is 32.1 Å². The van der Waals surface area contributed by atoms with Crippen LogP contribution in [0.25, 0.3) is 22.5 Å². The van der Waals surface area contributed by atoms with Crippen molar-refractivity contribution in [2.45, 2.75) is 45.4 Å². The van der Waals surface area contributed by atoms with Crippen molar-refractivity contribution in [1.29, 1.82) is 0 Å². The van der Waals surface area contributed by atoms with Gasteiger partial charge in [-0.1, -0.05) is 63.3 Å². The number of rotatable bonds is 11. The topological polar surface area (TPSA) is 44.2 Å². The Labute approximate surface area is 173 Å². The molecule has 0 aliphatic heterocycles. The van der Waals surface area contributed by atoms with Gasteiger partial charge in [-0.05, 0) is 36.2 Å². The Balaban J connectivity index is 1.53. The predicted molar refractivity (Wildman–Crippen MR) is 118 cm³/mol. The first kappa shape index (κ1) is 20.8. The van der Waals surface area contributed by atoms with Crippen LogP contribution in [0, 0.1) is 0 Å². The Morgan fingerprint density at radius 3 is 2.17 bits per heavy atom. The zero-order valence-electron chi connectivity index (χ0n) is 17.4. The minimum Gasteiger partial charge on any atom is -0.497 e. The highest BCUT2D eigenvalue weighted by Gasteiger charge is 2.05. The van der Waals surface area contributed by atoms with Crippen LogP contribution in [0.1, 0.15) is 45.4 Å². The summed E-state index contributed by atoms with van der Waals surface area (Å²) < 4.78 is 11.1. The maximum atomic E-state index is 5.86. The molecule has 0 aliphatic carbocycles. The zero-order valence-corrected chi connectivity index (χ0v) is 17.4. The smallest absolute Gasteiger partial charge is 0.159 e. The number of hydrogen-bond donors (Lipinski definition) is 0. The lowest BCUT2D eigenvalue weighted by molar-refractivity contribution is 0.304. The molecule has 3 rings (SSSR count). The third-order valence-electron chi connectivity index (χ3n) is 4.93. The van der Waals surface area contributed by atoms with E-state index in [0.717, 1.165) is 41.2 Å². The molecular weight excluding hydrogens is 360 g/mol. The van der Waals surface area contributed by atoms with Gasteiger partial charge in [-0.3, -0.25) is 0 Å². The maximum Gasteiger partial charge on any atom is 0.159 e. The quantitative estimate of drug-likeness (QED) is 0.348. The minimum atomic E-state index is 0.687. The van der Waals surface area contributed by atoms with Crippen molar-refractivity contribution >= 4 is 0 Å². The van der Waals surface area contributed by atoms with Gasteiger partial charge >= 0.3 is 0 Å². The van der Waals surface area contributed by atoms with Gasteiger partial charge in [0, 0.05) is 23.5 Å². The molecule has 0 atom stereocenters. The highest BCUT2D eigenvalue weighted by Crippen LogP contribution is 2.24. The Kier molecular flexibility index (Phi) is 8.05. The van der Waals surface area contributed by atoms with E-state index in [-0.39, 0.29) is 0 Å². The van der Waals surface area contributed by atoms with Gasteiger partial charge in [0.2, 0.25) is 0 Å². The fourth-order valence-corrected chi connectivity index (χ4v) is 3.20. The summed E-state index contributed by atoms with van der Waals surface area (Å²) in [6, 6.07) is 15.9. The molecule has 29 heavy (non-hydrogen) atoms. The minimum absolute atomic E-state index is 0.687. The van der Waals surface area contributed by atoms with E-state index >= 15 is 0 Å².